The number of phenols is 1. The molecule has 3 aromatic carbocycles. The van der Waals surface area contributed by atoms with Crippen molar-refractivity contribution in [2.45, 2.75) is 49.9 Å². The van der Waals surface area contributed by atoms with Gasteiger partial charge in [-0.1, -0.05) is 48.5 Å². The third kappa shape index (κ3) is 5.37. The number of phenolic OH excluding ortho intramolecular Hbond substituents is 1. The molecule has 2 aliphatic heterocycles. The number of aromatic hydroxyl groups is 1. The number of carbonyl (C=O) groups is 3. The van der Waals surface area contributed by atoms with Gasteiger partial charge in [0, 0.05) is 17.7 Å². The number of hydrogen-bond acceptors (Lipinski definition) is 7. The SMILES string of the molecule is COc1cccc(CN2C(=O)[C@H]3N(C(=O)[C@@H](O)[C@H](Cc4ccccc4)NC(=O)c4cccc(O)c4C)CSC32C)c1. The molecule has 3 aromatic rings. The molecule has 214 valence electrons. The Morgan fingerprint density at radius 3 is 2.54 bits per heavy atom. The van der Waals surface area contributed by atoms with Crippen LogP contribution in [0.4, 0.5) is 0 Å². The van der Waals surface area contributed by atoms with Crippen LogP contribution in [-0.4, -0.2) is 73.8 Å². The van der Waals surface area contributed by atoms with Crippen molar-refractivity contribution < 1.29 is 29.3 Å². The van der Waals surface area contributed by atoms with E-state index in [2.05, 4.69) is 5.32 Å². The van der Waals surface area contributed by atoms with Crippen molar-refractivity contribution in [1.29, 1.82) is 0 Å². The summed E-state index contributed by atoms with van der Waals surface area (Å²) in [7, 11) is 1.59. The minimum Gasteiger partial charge on any atom is -0.508 e. The second-order valence-electron chi connectivity index (χ2n) is 10.5. The van der Waals surface area contributed by atoms with Gasteiger partial charge >= 0.3 is 0 Å². The summed E-state index contributed by atoms with van der Waals surface area (Å²) in [5.74, 6) is -0.423. The van der Waals surface area contributed by atoms with Crippen LogP contribution in [0, 0.1) is 6.92 Å². The summed E-state index contributed by atoms with van der Waals surface area (Å²) >= 11 is 1.47. The maximum Gasteiger partial charge on any atom is 0.255 e. The number of carbonyl (C=O) groups excluding carboxylic acids is 3. The highest BCUT2D eigenvalue weighted by molar-refractivity contribution is 8.01. The Balaban J connectivity index is 1.34. The topological polar surface area (TPSA) is 119 Å². The minimum absolute atomic E-state index is 0.0238. The highest BCUT2D eigenvalue weighted by Crippen LogP contribution is 2.51. The maximum atomic E-state index is 13.7. The van der Waals surface area contributed by atoms with Crippen molar-refractivity contribution in [2.75, 3.05) is 13.0 Å². The van der Waals surface area contributed by atoms with E-state index in [4.69, 9.17) is 4.74 Å². The summed E-state index contributed by atoms with van der Waals surface area (Å²) < 4.78 is 5.30. The lowest BCUT2D eigenvalue weighted by Gasteiger charge is -2.52. The molecule has 1 unspecified atom stereocenters. The molecule has 9 nitrogen and oxygen atoms in total. The number of hydrogen-bond donors (Lipinski definition) is 3. The lowest BCUT2D eigenvalue weighted by Crippen LogP contribution is -2.73. The van der Waals surface area contributed by atoms with E-state index in [1.807, 2.05) is 61.5 Å². The van der Waals surface area contributed by atoms with Crippen molar-refractivity contribution in [3.8, 4) is 11.5 Å². The Bertz CT molecular complexity index is 1470. The van der Waals surface area contributed by atoms with E-state index in [1.54, 1.807) is 31.1 Å². The fraction of sp³-hybridized carbons (Fsp3) is 0.323. The molecule has 0 bridgehead atoms. The molecule has 0 spiro atoms. The van der Waals surface area contributed by atoms with E-state index >= 15 is 0 Å². The molecule has 10 heteroatoms. The third-order valence-corrected chi connectivity index (χ3v) is 9.34. The number of benzene rings is 3. The Labute approximate surface area is 243 Å². The van der Waals surface area contributed by atoms with Crippen molar-refractivity contribution in [3.63, 3.8) is 0 Å². The zero-order valence-electron chi connectivity index (χ0n) is 23.1. The number of rotatable bonds is 9. The Morgan fingerprint density at radius 1 is 1.10 bits per heavy atom. The number of amides is 3. The van der Waals surface area contributed by atoms with Crippen LogP contribution < -0.4 is 10.1 Å². The van der Waals surface area contributed by atoms with Crippen molar-refractivity contribution >= 4 is 29.5 Å². The molecular weight excluding hydrogens is 542 g/mol. The van der Waals surface area contributed by atoms with Crippen LogP contribution in [0.5, 0.6) is 11.5 Å². The first-order valence-corrected chi connectivity index (χ1v) is 14.3. The van der Waals surface area contributed by atoms with Crippen LogP contribution in [0.3, 0.4) is 0 Å². The normalized spacial score (nSPS) is 21.1. The van der Waals surface area contributed by atoms with E-state index in [0.29, 0.717) is 17.9 Å². The number of methoxy groups -OCH3 is 1. The van der Waals surface area contributed by atoms with Gasteiger partial charge in [-0.15, -0.1) is 11.8 Å². The van der Waals surface area contributed by atoms with Gasteiger partial charge in [-0.2, -0.15) is 0 Å². The molecule has 2 fully saturated rings. The largest absolute Gasteiger partial charge is 0.508 e. The number of ether oxygens (including phenoxy) is 1. The second kappa shape index (κ2) is 11.5. The van der Waals surface area contributed by atoms with Crippen LogP contribution in [0.15, 0.2) is 72.8 Å². The number of likely N-dealkylation sites (tertiary alicyclic amines) is 1. The summed E-state index contributed by atoms with van der Waals surface area (Å²) in [6, 6.07) is 19.7. The van der Waals surface area contributed by atoms with Crippen molar-refractivity contribution in [1.82, 2.24) is 15.1 Å². The van der Waals surface area contributed by atoms with E-state index in [0.717, 1.165) is 11.1 Å². The number of aliphatic hydroxyl groups excluding tert-OH is 1. The van der Waals surface area contributed by atoms with Gasteiger partial charge in [0.2, 0.25) is 5.91 Å². The molecule has 2 aliphatic rings. The zero-order chi connectivity index (χ0) is 29.3. The Kier molecular flexibility index (Phi) is 7.97. The van der Waals surface area contributed by atoms with Crippen LogP contribution >= 0.6 is 11.8 Å². The number of β-lactam (4-membered cyclic amide) rings is 1. The highest BCUT2D eigenvalue weighted by Gasteiger charge is 2.65. The molecular formula is C31H33N3O6S. The molecule has 0 aromatic heterocycles. The number of nitrogens with zero attached hydrogens (tertiary/aromatic N) is 2. The fourth-order valence-corrected chi connectivity index (χ4v) is 6.85. The molecule has 41 heavy (non-hydrogen) atoms. The molecule has 4 atom stereocenters. The minimum atomic E-state index is -1.60. The Hall–Kier alpha value is -4.02. The summed E-state index contributed by atoms with van der Waals surface area (Å²) in [6.45, 7) is 3.92. The van der Waals surface area contributed by atoms with E-state index in [-0.39, 0.29) is 29.5 Å². The molecule has 5 rings (SSSR count). The number of fused-ring (bicyclic) bond motifs is 1. The molecule has 2 saturated heterocycles. The second-order valence-corrected chi connectivity index (χ2v) is 11.9. The Morgan fingerprint density at radius 2 is 1.80 bits per heavy atom. The summed E-state index contributed by atoms with van der Waals surface area (Å²) in [5.41, 5.74) is 2.37. The van der Waals surface area contributed by atoms with Crippen molar-refractivity contribution in [2.24, 2.45) is 0 Å². The fourth-order valence-electron chi connectivity index (χ4n) is 5.48. The molecule has 3 amide bonds. The lowest BCUT2D eigenvalue weighted by molar-refractivity contribution is -0.168. The summed E-state index contributed by atoms with van der Waals surface area (Å²) in [4.78, 5) is 42.8. The molecule has 0 saturated carbocycles. The molecule has 2 heterocycles. The van der Waals surface area contributed by atoms with Gasteiger partial charge in [0.1, 0.15) is 22.4 Å². The average Bonchev–Trinajstić information content (AvgIpc) is 3.30. The van der Waals surface area contributed by atoms with Gasteiger partial charge in [0.15, 0.2) is 6.10 Å². The van der Waals surface area contributed by atoms with Crippen LogP contribution in [-0.2, 0) is 22.6 Å². The predicted octanol–water partition coefficient (Wildman–Crippen LogP) is 3.07. The monoisotopic (exact) mass is 575 g/mol. The van der Waals surface area contributed by atoms with Gasteiger partial charge in [0.05, 0.1) is 19.0 Å². The number of nitrogens with one attached hydrogen (secondary N) is 1. The van der Waals surface area contributed by atoms with Gasteiger partial charge in [-0.25, -0.2) is 0 Å². The van der Waals surface area contributed by atoms with Gasteiger partial charge in [-0.3, -0.25) is 14.4 Å². The maximum absolute atomic E-state index is 13.7. The predicted molar refractivity (Wildman–Crippen MR) is 155 cm³/mol. The zero-order valence-corrected chi connectivity index (χ0v) is 23.9. The van der Waals surface area contributed by atoms with E-state index < -0.39 is 34.9 Å². The van der Waals surface area contributed by atoms with Crippen LogP contribution in [0.2, 0.25) is 0 Å². The van der Waals surface area contributed by atoms with Crippen molar-refractivity contribution in [3.05, 3.63) is 95.1 Å². The summed E-state index contributed by atoms with van der Waals surface area (Å²) in [6.07, 6.45) is -1.41. The van der Waals surface area contributed by atoms with Gasteiger partial charge < -0.3 is 30.1 Å². The van der Waals surface area contributed by atoms with E-state index in [1.165, 1.54) is 22.7 Å². The first-order chi connectivity index (χ1) is 19.6. The van der Waals surface area contributed by atoms with Crippen LogP contribution in [0.1, 0.15) is 34.0 Å². The van der Waals surface area contributed by atoms with Gasteiger partial charge in [0.25, 0.3) is 11.8 Å². The lowest BCUT2D eigenvalue weighted by atomic mass is 9.92. The molecule has 0 aliphatic carbocycles. The van der Waals surface area contributed by atoms with E-state index in [9.17, 15) is 24.6 Å². The standard InChI is InChI=1S/C31H33N3O6S/c1-19-23(13-8-14-25(19)35)28(37)32-24(16-20-9-5-4-6-10-20)26(36)29(38)33-18-41-31(2)27(33)30(39)34(31)17-21-11-7-12-22(15-21)40-3/h4-15,24,26-27,35-36H,16-18H2,1-3H3,(H,32,37)/t24-,26-,27+,31?/m0/s1. The van der Waals surface area contributed by atoms with Gasteiger partial charge in [-0.05, 0) is 55.7 Å². The summed E-state index contributed by atoms with van der Waals surface area (Å²) in [5, 5.41) is 24.3. The quantitative estimate of drug-likeness (QED) is 0.336. The van der Waals surface area contributed by atoms with Crippen LogP contribution in [0.25, 0.3) is 0 Å². The average molecular weight is 576 g/mol. The first-order valence-electron chi connectivity index (χ1n) is 13.3. The highest BCUT2D eigenvalue weighted by atomic mass is 32.2. The number of aliphatic hydroxyl groups is 1. The molecule has 3 N–H and O–H groups in total. The smallest absolute Gasteiger partial charge is 0.255 e. The third-order valence-electron chi connectivity index (χ3n) is 7.91. The number of thioether (sulfide) groups is 1. The molecule has 0 radical (unpaired) electrons. The first kappa shape index (κ1) is 28.5.